The lowest BCUT2D eigenvalue weighted by molar-refractivity contribution is 0.103. The van der Waals surface area contributed by atoms with E-state index in [1.807, 2.05) is 12.1 Å². The highest BCUT2D eigenvalue weighted by Crippen LogP contribution is 2.16. The molecule has 6 nitrogen and oxygen atoms in total. The first-order valence-corrected chi connectivity index (χ1v) is 9.65. The Hall–Kier alpha value is -4.94. The summed E-state index contributed by atoms with van der Waals surface area (Å²) in [6, 6.07) is 27.9. The predicted octanol–water partition coefficient (Wildman–Crippen LogP) is 5.09. The quantitative estimate of drug-likeness (QED) is 0.300. The van der Waals surface area contributed by atoms with Gasteiger partial charge in [0.2, 0.25) is 11.6 Å². The van der Waals surface area contributed by atoms with Crippen LogP contribution < -0.4 is 10.6 Å². The summed E-state index contributed by atoms with van der Waals surface area (Å²) < 4.78 is 0. The van der Waals surface area contributed by atoms with Crippen LogP contribution in [0.4, 0.5) is 11.4 Å². The summed E-state index contributed by atoms with van der Waals surface area (Å²) in [5.41, 5.74) is 2.17. The van der Waals surface area contributed by atoms with E-state index in [9.17, 15) is 20.1 Å². The number of rotatable bonds is 8. The van der Waals surface area contributed by atoms with Crippen molar-refractivity contribution in [3.8, 4) is 12.1 Å². The first-order chi connectivity index (χ1) is 15.6. The fourth-order valence-electron chi connectivity index (χ4n) is 2.76. The maximum Gasteiger partial charge on any atom is 0.205 e. The second kappa shape index (κ2) is 10.7. The molecule has 0 bridgehead atoms. The number of carbonyl (C=O) groups is 2. The van der Waals surface area contributed by atoms with Gasteiger partial charge in [0.25, 0.3) is 0 Å². The van der Waals surface area contributed by atoms with Crippen molar-refractivity contribution in [3.05, 3.63) is 120 Å². The standard InChI is InChI=1S/C26H18N4O2/c27-15-21(25(31)19-7-3-1-4-8-19)17-29-23-11-13-24(14-12-23)30-18-22(16-28)26(32)20-9-5-2-6-10-20/h1-14,17-18,29-30H/b21-17-,22-18+. The third-order valence-corrected chi connectivity index (χ3v) is 4.45. The smallest absolute Gasteiger partial charge is 0.205 e. The minimum Gasteiger partial charge on any atom is -0.360 e. The van der Waals surface area contributed by atoms with Crippen molar-refractivity contribution in [1.82, 2.24) is 0 Å². The Bertz CT molecular complexity index is 1150. The number of carbonyl (C=O) groups excluding carboxylic acids is 2. The fraction of sp³-hybridized carbons (Fsp3) is 0. The number of nitrogens with zero attached hydrogens (tertiary/aromatic N) is 2. The predicted molar refractivity (Wildman–Crippen MR) is 123 cm³/mol. The zero-order valence-electron chi connectivity index (χ0n) is 16.9. The molecule has 0 spiro atoms. The summed E-state index contributed by atoms with van der Waals surface area (Å²) in [6.45, 7) is 0. The van der Waals surface area contributed by atoms with Crippen molar-refractivity contribution in [3.63, 3.8) is 0 Å². The van der Waals surface area contributed by atoms with Gasteiger partial charge in [-0.1, -0.05) is 60.7 Å². The van der Waals surface area contributed by atoms with Gasteiger partial charge in [-0.15, -0.1) is 0 Å². The molecule has 0 saturated heterocycles. The second-order valence-electron chi connectivity index (χ2n) is 6.60. The molecular formula is C26H18N4O2. The zero-order chi connectivity index (χ0) is 22.8. The molecule has 0 aliphatic rings. The third kappa shape index (κ3) is 5.56. The van der Waals surface area contributed by atoms with Crippen molar-refractivity contribution in [1.29, 1.82) is 10.5 Å². The molecule has 3 aromatic carbocycles. The van der Waals surface area contributed by atoms with Crippen molar-refractivity contribution in [2.24, 2.45) is 0 Å². The number of hydrogen-bond acceptors (Lipinski definition) is 6. The van der Waals surface area contributed by atoms with E-state index in [1.54, 1.807) is 84.9 Å². The number of benzene rings is 3. The molecule has 3 aromatic rings. The average Bonchev–Trinajstić information content (AvgIpc) is 2.86. The van der Waals surface area contributed by atoms with E-state index in [1.165, 1.54) is 12.4 Å². The first-order valence-electron chi connectivity index (χ1n) is 9.65. The normalized spacial score (nSPS) is 11.1. The van der Waals surface area contributed by atoms with Crippen molar-refractivity contribution < 1.29 is 9.59 Å². The molecule has 154 valence electrons. The molecule has 2 N–H and O–H groups in total. The highest BCUT2D eigenvalue weighted by molar-refractivity contribution is 6.12. The van der Waals surface area contributed by atoms with Crippen molar-refractivity contribution >= 4 is 22.9 Å². The van der Waals surface area contributed by atoms with Gasteiger partial charge in [0, 0.05) is 34.9 Å². The molecule has 0 aliphatic carbocycles. The molecule has 0 radical (unpaired) electrons. The summed E-state index contributed by atoms with van der Waals surface area (Å²) in [5.74, 6) is -0.729. The fourth-order valence-corrected chi connectivity index (χ4v) is 2.76. The number of nitriles is 2. The minimum absolute atomic E-state index is 0.0144. The summed E-state index contributed by atoms with van der Waals surface area (Å²) in [6.07, 6.45) is 2.73. The van der Waals surface area contributed by atoms with Gasteiger partial charge in [-0.05, 0) is 24.3 Å². The van der Waals surface area contributed by atoms with Crippen LogP contribution in [-0.4, -0.2) is 11.6 Å². The average molecular weight is 418 g/mol. The van der Waals surface area contributed by atoms with Gasteiger partial charge in [0.1, 0.15) is 23.3 Å². The summed E-state index contributed by atoms with van der Waals surface area (Å²) in [5, 5.41) is 24.5. The highest BCUT2D eigenvalue weighted by atomic mass is 16.1. The zero-order valence-corrected chi connectivity index (χ0v) is 16.9. The third-order valence-electron chi connectivity index (χ3n) is 4.45. The minimum atomic E-state index is -0.365. The molecule has 0 amide bonds. The van der Waals surface area contributed by atoms with Crippen LogP contribution in [0.3, 0.4) is 0 Å². The van der Waals surface area contributed by atoms with Gasteiger partial charge in [-0.3, -0.25) is 9.59 Å². The van der Waals surface area contributed by atoms with Crippen LogP contribution >= 0.6 is 0 Å². The first kappa shape index (κ1) is 21.8. The van der Waals surface area contributed by atoms with Crippen LogP contribution in [0, 0.1) is 22.7 Å². The summed E-state index contributed by atoms with van der Waals surface area (Å²) in [4.78, 5) is 24.8. The summed E-state index contributed by atoms with van der Waals surface area (Å²) in [7, 11) is 0. The molecule has 0 unspecified atom stereocenters. The SMILES string of the molecule is N#C/C(=C/Nc1ccc(N/C=C(\C#N)C(=O)c2ccccc2)cc1)C(=O)c1ccccc1. The second-order valence-corrected chi connectivity index (χ2v) is 6.60. The number of hydrogen-bond donors (Lipinski definition) is 2. The Balaban J connectivity index is 1.66. The number of ketones is 2. The molecule has 6 heteroatoms. The molecule has 0 saturated carbocycles. The van der Waals surface area contributed by atoms with Gasteiger partial charge in [-0.25, -0.2) is 0 Å². The van der Waals surface area contributed by atoms with Crippen molar-refractivity contribution in [2.45, 2.75) is 0 Å². The number of nitrogens with one attached hydrogen (secondary N) is 2. The Morgan fingerprint density at radius 2 is 0.938 bits per heavy atom. The maximum atomic E-state index is 12.4. The Morgan fingerprint density at radius 3 is 1.25 bits per heavy atom. The number of anilines is 2. The van der Waals surface area contributed by atoms with Crippen molar-refractivity contribution in [2.75, 3.05) is 10.6 Å². The maximum absolute atomic E-state index is 12.4. The van der Waals surface area contributed by atoms with E-state index in [4.69, 9.17) is 0 Å². The lowest BCUT2D eigenvalue weighted by Crippen LogP contribution is -2.04. The summed E-state index contributed by atoms with van der Waals surface area (Å²) >= 11 is 0. The topological polar surface area (TPSA) is 106 Å². The molecule has 32 heavy (non-hydrogen) atoms. The lowest BCUT2D eigenvalue weighted by Gasteiger charge is -2.06. The number of Topliss-reactive ketones (excluding diaryl/α,β-unsaturated/α-hetero) is 2. The van der Waals surface area contributed by atoms with Gasteiger partial charge < -0.3 is 10.6 Å². The number of allylic oxidation sites excluding steroid dienone is 2. The van der Waals surface area contributed by atoms with E-state index in [2.05, 4.69) is 10.6 Å². The van der Waals surface area contributed by atoms with E-state index >= 15 is 0 Å². The molecule has 0 aliphatic heterocycles. The Kier molecular flexibility index (Phi) is 7.29. The highest BCUT2D eigenvalue weighted by Gasteiger charge is 2.12. The molecule has 0 aromatic heterocycles. The van der Waals surface area contributed by atoms with Crippen LogP contribution in [-0.2, 0) is 0 Å². The molecule has 0 fully saturated rings. The van der Waals surface area contributed by atoms with Gasteiger partial charge in [0.15, 0.2) is 0 Å². The monoisotopic (exact) mass is 418 g/mol. The van der Waals surface area contributed by atoms with E-state index in [0.717, 1.165) is 0 Å². The van der Waals surface area contributed by atoms with Crippen LogP contribution in [0.5, 0.6) is 0 Å². The molecule has 0 atom stereocenters. The molecule has 0 heterocycles. The van der Waals surface area contributed by atoms with Gasteiger partial charge >= 0.3 is 0 Å². The van der Waals surface area contributed by atoms with Crippen LogP contribution in [0.1, 0.15) is 20.7 Å². The van der Waals surface area contributed by atoms with E-state index < -0.39 is 0 Å². The molecular weight excluding hydrogens is 400 g/mol. The largest absolute Gasteiger partial charge is 0.360 e. The lowest BCUT2D eigenvalue weighted by atomic mass is 10.1. The molecule has 3 rings (SSSR count). The van der Waals surface area contributed by atoms with Gasteiger partial charge in [0.05, 0.1) is 0 Å². The van der Waals surface area contributed by atoms with Gasteiger partial charge in [-0.2, -0.15) is 10.5 Å². The van der Waals surface area contributed by atoms with E-state index in [-0.39, 0.29) is 22.7 Å². The van der Waals surface area contributed by atoms with Crippen LogP contribution in [0.15, 0.2) is 108 Å². The van der Waals surface area contributed by atoms with Crippen LogP contribution in [0.25, 0.3) is 0 Å². The van der Waals surface area contributed by atoms with E-state index in [0.29, 0.717) is 22.5 Å². The van der Waals surface area contributed by atoms with Crippen LogP contribution in [0.2, 0.25) is 0 Å². The Labute approximate surface area is 185 Å². The Morgan fingerprint density at radius 1 is 0.594 bits per heavy atom.